The van der Waals surface area contributed by atoms with Crippen LogP contribution in [0.2, 0.25) is 0 Å². The van der Waals surface area contributed by atoms with Gasteiger partial charge in [-0.15, -0.1) is 0 Å². The van der Waals surface area contributed by atoms with E-state index in [1.54, 1.807) is 23.6 Å². The van der Waals surface area contributed by atoms with Crippen LogP contribution in [-0.4, -0.2) is 39.4 Å². The van der Waals surface area contributed by atoms with Gasteiger partial charge >= 0.3 is 5.97 Å². The number of aliphatic carboxylic acids is 1. The van der Waals surface area contributed by atoms with Crippen molar-refractivity contribution < 1.29 is 14.7 Å². The van der Waals surface area contributed by atoms with Crippen LogP contribution >= 0.6 is 0 Å². The number of nitrogens with two attached hydrogens (primary N) is 1. The van der Waals surface area contributed by atoms with Gasteiger partial charge in [0.2, 0.25) is 0 Å². The second kappa shape index (κ2) is 5.75. The van der Waals surface area contributed by atoms with Crippen molar-refractivity contribution in [2.75, 3.05) is 11.4 Å². The van der Waals surface area contributed by atoms with E-state index < -0.39 is 17.9 Å². The fourth-order valence-corrected chi connectivity index (χ4v) is 3.16. The number of hydrogen-bond acceptors (Lipinski definition) is 4. The summed E-state index contributed by atoms with van der Waals surface area (Å²) in [6, 6.07) is -0.642. The number of nitrogens with zero attached hydrogens (tertiary/aromatic N) is 3. The van der Waals surface area contributed by atoms with Gasteiger partial charge in [0.1, 0.15) is 17.4 Å². The summed E-state index contributed by atoms with van der Waals surface area (Å²) < 4.78 is 1.55. The van der Waals surface area contributed by atoms with Gasteiger partial charge in [0.05, 0.1) is 5.69 Å². The Kier molecular flexibility index (Phi) is 4.20. The zero-order chi connectivity index (χ0) is 15.7. The van der Waals surface area contributed by atoms with Crippen LogP contribution in [0.5, 0.6) is 0 Å². The van der Waals surface area contributed by atoms with Crippen molar-refractivity contribution in [2.24, 2.45) is 18.7 Å². The Morgan fingerprint density at radius 1 is 1.48 bits per heavy atom. The number of piperidine rings is 1. The molecule has 0 spiro atoms. The van der Waals surface area contributed by atoms with Gasteiger partial charge in [-0.3, -0.25) is 9.48 Å². The number of aryl methyl sites for hydroxylation is 2. The number of carbonyl (C=O) groups excluding carboxylic acids is 1. The minimum absolute atomic E-state index is 0.318. The molecule has 1 aliphatic rings. The van der Waals surface area contributed by atoms with Crippen LogP contribution in [0.15, 0.2) is 0 Å². The number of anilines is 1. The van der Waals surface area contributed by atoms with Crippen LogP contribution in [0.25, 0.3) is 0 Å². The Morgan fingerprint density at radius 2 is 2.14 bits per heavy atom. The highest BCUT2D eigenvalue weighted by atomic mass is 16.4. The van der Waals surface area contributed by atoms with Crippen molar-refractivity contribution in [3.05, 3.63) is 11.3 Å². The summed E-state index contributed by atoms with van der Waals surface area (Å²) in [7, 11) is 1.71. The normalized spacial score (nSPS) is 22.3. The minimum Gasteiger partial charge on any atom is -0.480 e. The van der Waals surface area contributed by atoms with Gasteiger partial charge in [0.25, 0.3) is 5.91 Å². The van der Waals surface area contributed by atoms with Crippen LogP contribution in [-0.2, 0) is 11.8 Å². The first-order chi connectivity index (χ1) is 9.86. The third kappa shape index (κ3) is 2.72. The molecule has 3 N–H and O–H groups in total. The highest BCUT2D eigenvalue weighted by molar-refractivity contribution is 5.99. The highest BCUT2D eigenvalue weighted by Gasteiger charge is 2.36. The first-order valence-electron chi connectivity index (χ1n) is 7.19. The summed E-state index contributed by atoms with van der Waals surface area (Å²) in [6.45, 7) is 4.37. The van der Waals surface area contributed by atoms with Crippen molar-refractivity contribution in [1.82, 2.24) is 9.78 Å². The van der Waals surface area contributed by atoms with Crippen molar-refractivity contribution in [1.29, 1.82) is 0 Å². The van der Waals surface area contributed by atoms with E-state index in [9.17, 15) is 14.7 Å². The predicted molar refractivity (Wildman–Crippen MR) is 78.2 cm³/mol. The van der Waals surface area contributed by atoms with Crippen molar-refractivity contribution in [3.8, 4) is 0 Å². The number of aromatic nitrogens is 2. The second-order valence-corrected chi connectivity index (χ2v) is 5.62. The Morgan fingerprint density at radius 3 is 2.67 bits per heavy atom. The van der Waals surface area contributed by atoms with Gasteiger partial charge < -0.3 is 15.7 Å². The van der Waals surface area contributed by atoms with E-state index in [2.05, 4.69) is 12.0 Å². The average Bonchev–Trinajstić information content (AvgIpc) is 2.72. The Bertz CT molecular complexity index is 567. The van der Waals surface area contributed by atoms with E-state index in [1.807, 2.05) is 0 Å². The molecule has 1 aromatic heterocycles. The van der Waals surface area contributed by atoms with Crippen LogP contribution in [0.1, 0.15) is 42.2 Å². The molecule has 0 aromatic carbocycles. The quantitative estimate of drug-likeness (QED) is 0.859. The van der Waals surface area contributed by atoms with Gasteiger partial charge in [-0.05, 0) is 25.7 Å². The Hall–Kier alpha value is -2.05. The number of carboxylic acid groups (broad SMARTS) is 1. The highest BCUT2D eigenvalue weighted by Crippen LogP contribution is 2.32. The van der Waals surface area contributed by atoms with Crippen LogP contribution in [0, 0.1) is 12.8 Å². The van der Waals surface area contributed by atoms with Gasteiger partial charge in [-0.25, -0.2) is 4.79 Å². The molecule has 1 amide bonds. The van der Waals surface area contributed by atoms with E-state index >= 15 is 0 Å². The molecule has 7 heteroatoms. The summed E-state index contributed by atoms with van der Waals surface area (Å²) in [5.41, 5.74) is 6.29. The minimum atomic E-state index is -0.873. The fourth-order valence-electron chi connectivity index (χ4n) is 3.16. The van der Waals surface area contributed by atoms with Crippen LogP contribution in [0.3, 0.4) is 0 Å². The molecule has 21 heavy (non-hydrogen) atoms. The van der Waals surface area contributed by atoms with Crippen LogP contribution < -0.4 is 10.6 Å². The lowest BCUT2D eigenvalue weighted by Crippen LogP contribution is -2.48. The lowest BCUT2D eigenvalue weighted by molar-refractivity contribution is -0.139. The molecular formula is C14H22N4O3. The number of amides is 1. The maximum Gasteiger partial charge on any atom is 0.326 e. The molecule has 116 valence electrons. The first-order valence-corrected chi connectivity index (χ1v) is 7.19. The molecule has 2 unspecified atom stereocenters. The lowest BCUT2D eigenvalue weighted by atomic mass is 9.88. The van der Waals surface area contributed by atoms with E-state index in [4.69, 9.17) is 5.73 Å². The van der Waals surface area contributed by atoms with Gasteiger partial charge in [-0.1, -0.05) is 13.3 Å². The third-order valence-corrected chi connectivity index (χ3v) is 4.28. The van der Waals surface area contributed by atoms with Crippen molar-refractivity contribution in [2.45, 2.75) is 39.2 Å². The van der Waals surface area contributed by atoms with Crippen LogP contribution in [0.4, 0.5) is 5.82 Å². The molecular weight excluding hydrogens is 272 g/mol. The molecule has 1 fully saturated rings. The summed E-state index contributed by atoms with van der Waals surface area (Å²) in [5.74, 6) is -0.532. The summed E-state index contributed by atoms with van der Waals surface area (Å²) in [6.07, 6.45) is 2.45. The molecule has 1 aromatic rings. The number of hydrogen-bond donors (Lipinski definition) is 2. The van der Waals surface area contributed by atoms with Gasteiger partial charge in [0.15, 0.2) is 0 Å². The summed E-state index contributed by atoms with van der Waals surface area (Å²) >= 11 is 0. The van der Waals surface area contributed by atoms with E-state index in [1.165, 1.54) is 0 Å². The monoisotopic (exact) mass is 294 g/mol. The molecule has 0 radical (unpaired) electrons. The number of carbonyl (C=O) groups is 2. The topological polar surface area (TPSA) is 101 Å². The number of rotatable bonds is 4. The molecule has 0 aliphatic carbocycles. The fraction of sp³-hybridized carbons (Fsp3) is 0.643. The average molecular weight is 294 g/mol. The van der Waals surface area contributed by atoms with Gasteiger partial charge in [0, 0.05) is 13.6 Å². The molecule has 0 bridgehead atoms. The molecule has 1 saturated heterocycles. The smallest absolute Gasteiger partial charge is 0.326 e. The molecule has 1 aliphatic heterocycles. The van der Waals surface area contributed by atoms with E-state index in [0.29, 0.717) is 36.0 Å². The third-order valence-electron chi connectivity index (χ3n) is 4.28. The number of carboxylic acids is 1. The van der Waals surface area contributed by atoms with Gasteiger partial charge in [-0.2, -0.15) is 5.10 Å². The van der Waals surface area contributed by atoms with E-state index in [0.717, 1.165) is 12.8 Å². The van der Waals surface area contributed by atoms with Crippen molar-refractivity contribution >= 4 is 17.7 Å². The largest absolute Gasteiger partial charge is 0.480 e. The maximum absolute atomic E-state index is 11.7. The SMILES string of the molecule is CCC1CCN(c2c(C(N)=O)c(C)nn2C)C(C(=O)O)C1. The van der Waals surface area contributed by atoms with Crippen molar-refractivity contribution in [3.63, 3.8) is 0 Å². The summed E-state index contributed by atoms with van der Waals surface area (Å²) in [4.78, 5) is 25.1. The number of primary amides is 1. The molecule has 7 nitrogen and oxygen atoms in total. The molecule has 2 heterocycles. The molecule has 0 saturated carbocycles. The first kappa shape index (κ1) is 15.3. The predicted octanol–water partition coefficient (Wildman–Crippen LogP) is 0.907. The standard InChI is InChI=1S/C14H22N4O3/c1-4-9-5-6-18(10(7-9)14(20)21)13-11(12(15)19)8(2)16-17(13)3/h9-10H,4-7H2,1-3H3,(H2,15,19)(H,20,21). The zero-order valence-corrected chi connectivity index (χ0v) is 12.7. The lowest BCUT2D eigenvalue weighted by Gasteiger charge is -2.38. The second-order valence-electron chi connectivity index (χ2n) is 5.62. The zero-order valence-electron chi connectivity index (χ0n) is 12.7. The molecule has 2 rings (SSSR count). The Labute approximate surface area is 123 Å². The molecule has 2 atom stereocenters. The van der Waals surface area contributed by atoms with E-state index in [-0.39, 0.29) is 0 Å². The summed E-state index contributed by atoms with van der Waals surface area (Å²) in [5, 5.41) is 13.7. The Balaban J connectivity index is 2.45. The maximum atomic E-state index is 11.7.